The molecule has 72 valence electrons. The maximum atomic E-state index is 5.82. The van der Waals surface area contributed by atoms with Crippen LogP contribution in [-0.2, 0) is 13.6 Å². The van der Waals surface area contributed by atoms with E-state index in [1.165, 1.54) is 0 Å². The van der Waals surface area contributed by atoms with Gasteiger partial charge in [0.15, 0.2) is 0 Å². The van der Waals surface area contributed by atoms with E-state index in [0.717, 1.165) is 31.9 Å². The SMILES string of the molecule is Cn1ccnc1CN1CC[C@H](N)C1. The average molecular weight is 180 g/mol. The molecule has 0 radical (unpaired) electrons. The van der Waals surface area contributed by atoms with Crippen LogP contribution < -0.4 is 5.73 Å². The lowest BCUT2D eigenvalue weighted by molar-refractivity contribution is 0.314. The molecule has 1 aromatic heterocycles. The molecule has 2 N–H and O–H groups in total. The Morgan fingerprint density at radius 2 is 2.54 bits per heavy atom. The summed E-state index contributed by atoms with van der Waals surface area (Å²) in [6, 6.07) is 0.361. The largest absolute Gasteiger partial charge is 0.337 e. The van der Waals surface area contributed by atoms with Gasteiger partial charge in [-0.3, -0.25) is 4.90 Å². The van der Waals surface area contributed by atoms with E-state index in [-0.39, 0.29) is 0 Å². The first-order valence-electron chi connectivity index (χ1n) is 4.70. The number of rotatable bonds is 2. The Hall–Kier alpha value is -0.870. The molecule has 0 spiro atoms. The molecule has 0 saturated carbocycles. The van der Waals surface area contributed by atoms with E-state index >= 15 is 0 Å². The summed E-state index contributed by atoms with van der Waals surface area (Å²) in [5, 5.41) is 0. The van der Waals surface area contributed by atoms with Crippen molar-refractivity contribution >= 4 is 0 Å². The monoisotopic (exact) mass is 180 g/mol. The van der Waals surface area contributed by atoms with Gasteiger partial charge in [0.2, 0.25) is 0 Å². The summed E-state index contributed by atoms with van der Waals surface area (Å²) in [4.78, 5) is 6.64. The molecule has 1 aliphatic rings. The molecule has 0 aliphatic carbocycles. The lowest BCUT2D eigenvalue weighted by Gasteiger charge is -2.14. The molecule has 1 atom stereocenters. The summed E-state index contributed by atoms with van der Waals surface area (Å²) in [5.74, 6) is 1.12. The second-order valence-electron chi connectivity index (χ2n) is 3.74. The molecule has 0 unspecified atom stereocenters. The Morgan fingerprint density at radius 3 is 3.08 bits per heavy atom. The fraction of sp³-hybridized carbons (Fsp3) is 0.667. The maximum absolute atomic E-state index is 5.82. The lowest BCUT2D eigenvalue weighted by atomic mass is 10.3. The van der Waals surface area contributed by atoms with Gasteiger partial charge in [-0.05, 0) is 6.42 Å². The van der Waals surface area contributed by atoms with Gasteiger partial charge in [-0.15, -0.1) is 0 Å². The van der Waals surface area contributed by atoms with Crippen LogP contribution in [0.15, 0.2) is 12.4 Å². The summed E-state index contributed by atoms with van der Waals surface area (Å²) < 4.78 is 2.06. The van der Waals surface area contributed by atoms with Crippen molar-refractivity contribution in [2.24, 2.45) is 12.8 Å². The molecule has 1 aromatic rings. The smallest absolute Gasteiger partial charge is 0.122 e. The highest BCUT2D eigenvalue weighted by atomic mass is 15.2. The van der Waals surface area contributed by atoms with Crippen LogP contribution in [0.25, 0.3) is 0 Å². The number of aryl methyl sites for hydroxylation is 1. The van der Waals surface area contributed by atoms with Crippen LogP contribution in [-0.4, -0.2) is 33.6 Å². The highest BCUT2D eigenvalue weighted by molar-refractivity contribution is 4.92. The van der Waals surface area contributed by atoms with Crippen molar-refractivity contribution in [2.75, 3.05) is 13.1 Å². The maximum Gasteiger partial charge on any atom is 0.122 e. The van der Waals surface area contributed by atoms with Gasteiger partial charge in [0.05, 0.1) is 6.54 Å². The molecule has 0 bridgehead atoms. The molecule has 13 heavy (non-hydrogen) atoms. The predicted molar refractivity (Wildman–Crippen MR) is 51.1 cm³/mol. The van der Waals surface area contributed by atoms with Gasteiger partial charge in [-0.1, -0.05) is 0 Å². The van der Waals surface area contributed by atoms with Crippen molar-refractivity contribution in [3.63, 3.8) is 0 Å². The third-order valence-electron chi connectivity index (χ3n) is 2.59. The van der Waals surface area contributed by atoms with Crippen LogP contribution in [0.5, 0.6) is 0 Å². The minimum absolute atomic E-state index is 0.361. The molecule has 1 saturated heterocycles. The fourth-order valence-corrected chi connectivity index (χ4v) is 1.76. The van der Waals surface area contributed by atoms with E-state index in [0.29, 0.717) is 6.04 Å². The van der Waals surface area contributed by atoms with Gasteiger partial charge < -0.3 is 10.3 Å². The third kappa shape index (κ3) is 1.89. The normalized spacial score (nSPS) is 24.0. The number of likely N-dealkylation sites (tertiary alicyclic amines) is 1. The number of nitrogens with zero attached hydrogens (tertiary/aromatic N) is 3. The fourth-order valence-electron chi connectivity index (χ4n) is 1.76. The van der Waals surface area contributed by atoms with E-state index in [4.69, 9.17) is 5.73 Å². The molecule has 1 aliphatic heterocycles. The van der Waals surface area contributed by atoms with E-state index < -0.39 is 0 Å². The lowest BCUT2D eigenvalue weighted by Crippen LogP contribution is -2.27. The van der Waals surface area contributed by atoms with Crippen molar-refractivity contribution in [3.8, 4) is 0 Å². The van der Waals surface area contributed by atoms with Crippen molar-refractivity contribution in [1.29, 1.82) is 0 Å². The summed E-state index contributed by atoms with van der Waals surface area (Å²) >= 11 is 0. The summed E-state index contributed by atoms with van der Waals surface area (Å²) in [6.45, 7) is 3.04. The Bertz CT molecular complexity index is 281. The number of nitrogens with two attached hydrogens (primary N) is 1. The van der Waals surface area contributed by atoms with Gasteiger partial charge in [-0.2, -0.15) is 0 Å². The van der Waals surface area contributed by atoms with E-state index in [1.807, 2.05) is 19.4 Å². The molecule has 1 fully saturated rings. The van der Waals surface area contributed by atoms with Crippen LogP contribution in [0, 0.1) is 0 Å². The predicted octanol–water partition coefficient (Wildman–Crippen LogP) is -0.0469. The standard InChI is InChI=1S/C9H16N4/c1-12-5-3-11-9(12)7-13-4-2-8(10)6-13/h3,5,8H,2,4,6-7,10H2,1H3/t8-/m0/s1. The van der Waals surface area contributed by atoms with Crippen molar-refractivity contribution in [3.05, 3.63) is 18.2 Å². The molecule has 4 nitrogen and oxygen atoms in total. The van der Waals surface area contributed by atoms with Crippen LogP contribution >= 0.6 is 0 Å². The zero-order chi connectivity index (χ0) is 9.26. The van der Waals surface area contributed by atoms with Crippen LogP contribution in [0.4, 0.5) is 0 Å². The first-order valence-corrected chi connectivity index (χ1v) is 4.70. The summed E-state index contributed by atoms with van der Waals surface area (Å²) in [7, 11) is 2.03. The van der Waals surface area contributed by atoms with Crippen LogP contribution in [0.3, 0.4) is 0 Å². The minimum atomic E-state index is 0.361. The highest BCUT2D eigenvalue weighted by Crippen LogP contribution is 2.10. The van der Waals surface area contributed by atoms with E-state index in [2.05, 4.69) is 14.5 Å². The van der Waals surface area contributed by atoms with Gasteiger partial charge >= 0.3 is 0 Å². The van der Waals surface area contributed by atoms with Gasteiger partial charge in [0, 0.05) is 38.6 Å². The van der Waals surface area contributed by atoms with Crippen molar-refractivity contribution in [2.45, 2.75) is 19.0 Å². The Kier molecular flexibility index (Phi) is 2.33. The van der Waals surface area contributed by atoms with Crippen molar-refractivity contribution in [1.82, 2.24) is 14.5 Å². The second kappa shape index (κ2) is 3.47. The Balaban J connectivity index is 1.95. The number of aromatic nitrogens is 2. The second-order valence-corrected chi connectivity index (χ2v) is 3.74. The molecule has 0 aromatic carbocycles. The molecule has 4 heteroatoms. The third-order valence-corrected chi connectivity index (χ3v) is 2.59. The highest BCUT2D eigenvalue weighted by Gasteiger charge is 2.19. The van der Waals surface area contributed by atoms with Crippen LogP contribution in [0.2, 0.25) is 0 Å². The zero-order valence-electron chi connectivity index (χ0n) is 7.98. The Labute approximate surface area is 78.4 Å². The van der Waals surface area contributed by atoms with Crippen LogP contribution in [0.1, 0.15) is 12.2 Å². The minimum Gasteiger partial charge on any atom is -0.337 e. The summed E-state index contributed by atoms with van der Waals surface area (Å²) in [5.41, 5.74) is 5.82. The first kappa shape index (κ1) is 8.72. The zero-order valence-corrected chi connectivity index (χ0v) is 7.98. The first-order chi connectivity index (χ1) is 6.25. The average Bonchev–Trinajstić information content (AvgIpc) is 2.64. The topological polar surface area (TPSA) is 47.1 Å². The van der Waals surface area contributed by atoms with Gasteiger partial charge in [-0.25, -0.2) is 4.98 Å². The van der Waals surface area contributed by atoms with Gasteiger partial charge in [0.25, 0.3) is 0 Å². The summed E-state index contributed by atoms with van der Waals surface area (Å²) in [6.07, 6.45) is 4.93. The number of imidazole rings is 1. The quantitative estimate of drug-likeness (QED) is 0.694. The van der Waals surface area contributed by atoms with E-state index in [9.17, 15) is 0 Å². The van der Waals surface area contributed by atoms with Gasteiger partial charge in [0.1, 0.15) is 5.82 Å². The Morgan fingerprint density at radius 1 is 1.69 bits per heavy atom. The molecular formula is C9H16N4. The molecule has 2 rings (SSSR count). The van der Waals surface area contributed by atoms with Crippen molar-refractivity contribution < 1.29 is 0 Å². The molecule has 2 heterocycles. The van der Waals surface area contributed by atoms with E-state index in [1.54, 1.807) is 0 Å². The molecular weight excluding hydrogens is 164 g/mol. The number of hydrogen-bond acceptors (Lipinski definition) is 3. The number of hydrogen-bond donors (Lipinski definition) is 1. The molecule has 0 amide bonds.